The molecule has 2 N–H and O–H groups in total. The molecule has 0 aliphatic heterocycles. The Bertz CT molecular complexity index is 737. The van der Waals surface area contributed by atoms with Crippen molar-refractivity contribution in [2.45, 2.75) is 13.5 Å². The molecule has 1 aromatic heterocycles. The normalized spacial score (nSPS) is 10.6. The summed E-state index contributed by atoms with van der Waals surface area (Å²) in [6, 6.07) is 14.9. The van der Waals surface area contributed by atoms with Crippen molar-refractivity contribution < 1.29 is 4.39 Å². The zero-order valence-electron chi connectivity index (χ0n) is 11.6. The van der Waals surface area contributed by atoms with Crippen LogP contribution in [-0.2, 0) is 6.54 Å². The molecule has 0 aliphatic carbocycles. The second-order valence-corrected chi connectivity index (χ2v) is 4.80. The quantitative estimate of drug-likeness (QED) is 0.769. The number of hydrogen-bond acceptors (Lipinski definition) is 3. The van der Waals surface area contributed by atoms with Crippen molar-refractivity contribution in [1.82, 2.24) is 15.4 Å². The van der Waals surface area contributed by atoms with Gasteiger partial charge in [0.25, 0.3) is 0 Å². The minimum Gasteiger partial charge on any atom is -0.379 e. The van der Waals surface area contributed by atoms with Gasteiger partial charge in [-0.1, -0.05) is 36.4 Å². The number of hydrogen-bond donors (Lipinski definition) is 2. The summed E-state index contributed by atoms with van der Waals surface area (Å²) in [6.07, 6.45) is 0. The molecule has 0 aliphatic rings. The summed E-state index contributed by atoms with van der Waals surface area (Å²) >= 11 is 0. The molecule has 0 spiro atoms. The second kappa shape index (κ2) is 5.75. The molecule has 0 fully saturated rings. The van der Waals surface area contributed by atoms with Crippen molar-refractivity contribution in [2.75, 3.05) is 5.32 Å². The van der Waals surface area contributed by atoms with E-state index < -0.39 is 0 Å². The Hall–Kier alpha value is -2.69. The van der Waals surface area contributed by atoms with E-state index in [1.54, 1.807) is 13.0 Å². The number of anilines is 1. The van der Waals surface area contributed by atoms with Gasteiger partial charge in [-0.05, 0) is 24.6 Å². The zero-order valence-corrected chi connectivity index (χ0v) is 11.6. The van der Waals surface area contributed by atoms with Gasteiger partial charge in [0.15, 0.2) is 0 Å². The largest absolute Gasteiger partial charge is 0.379 e. The lowest BCUT2D eigenvalue weighted by Gasteiger charge is -2.07. The Morgan fingerprint density at radius 1 is 1.10 bits per heavy atom. The van der Waals surface area contributed by atoms with Gasteiger partial charge in [-0.3, -0.25) is 0 Å². The van der Waals surface area contributed by atoms with Crippen molar-refractivity contribution in [3.8, 4) is 11.3 Å². The van der Waals surface area contributed by atoms with Gasteiger partial charge in [0, 0.05) is 11.3 Å². The fraction of sp³-hybridized carbons (Fsp3) is 0.125. The smallest absolute Gasteiger partial charge is 0.128 e. The van der Waals surface area contributed by atoms with Crippen molar-refractivity contribution in [1.29, 1.82) is 0 Å². The van der Waals surface area contributed by atoms with E-state index in [-0.39, 0.29) is 5.82 Å². The molecule has 1 heterocycles. The number of aryl methyl sites for hydroxylation is 1. The Balaban J connectivity index is 1.77. The van der Waals surface area contributed by atoms with Gasteiger partial charge in [0.2, 0.25) is 0 Å². The van der Waals surface area contributed by atoms with E-state index in [1.807, 2.05) is 36.4 Å². The van der Waals surface area contributed by atoms with E-state index in [2.05, 4.69) is 20.7 Å². The molecule has 3 aromatic rings. The van der Waals surface area contributed by atoms with Gasteiger partial charge in [-0.15, -0.1) is 0 Å². The molecule has 0 atom stereocenters. The van der Waals surface area contributed by atoms with Gasteiger partial charge < -0.3 is 5.32 Å². The number of aromatic amines is 1. The van der Waals surface area contributed by atoms with Crippen LogP contribution in [0.4, 0.5) is 10.1 Å². The van der Waals surface area contributed by atoms with Crippen LogP contribution >= 0.6 is 0 Å². The van der Waals surface area contributed by atoms with E-state index in [0.717, 1.165) is 22.6 Å². The molecule has 4 nitrogen and oxygen atoms in total. The lowest BCUT2D eigenvalue weighted by atomic mass is 10.1. The summed E-state index contributed by atoms with van der Waals surface area (Å²) in [6.45, 7) is 2.22. The van der Waals surface area contributed by atoms with E-state index >= 15 is 0 Å². The van der Waals surface area contributed by atoms with Crippen LogP contribution in [0.3, 0.4) is 0 Å². The summed E-state index contributed by atoms with van der Waals surface area (Å²) in [5, 5.41) is 14.1. The fourth-order valence-corrected chi connectivity index (χ4v) is 2.09. The highest BCUT2D eigenvalue weighted by molar-refractivity contribution is 5.61. The summed E-state index contributed by atoms with van der Waals surface area (Å²) in [7, 11) is 0. The minimum atomic E-state index is -0.219. The number of halogens is 1. The third-order valence-corrected chi connectivity index (χ3v) is 3.30. The SMILES string of the molecule is Cc1ccc(NCc2n[nH]nc2-c2ccccc2)cc1F. The van der Waals surface area contributed by atoms with Crippen LogP contribution < -0.4 is 5.32 Å². The van der Waals surface area contributed by atoms with Crippen LogP contribution in [0, 0.1) is 12.7 Å². The lowest BCUT2D eigenvalue weighted by Crippen LogP contribution is -2.02. The number of benzene rings is 2. The van der Waals surface area contributed by atoms with Crippen LogP contribution in [-0.4, -0.2) is 15.4 Å². The number of aromatic nitrogens is 3. The Morgan fingerprint density at radius 2 is 1.90 bits per heavy atom. The average molecular weight is 282 g/mol. The van der Waals surface area contributed by atoms with Gasteiger partial charge in [0.1, 0.15) is 17.2 Å². The molecule has 21 heavy (non-hydrogen) atoms. The van der Waals surface area contributed by atoms with E-state index in [9.17, 15) is 4.39 Å². The van der Waals surface area contributed by atoms with E-state index in [1.165, 1.54) is 6.07 Å². The standard InChI is InChI=1S/C16H15FN4/c1-11-7-8-13(9-14(11)17)18-10-15-16(20-21-19-15)12-5-3-2-4-6-12/h2-9,18H,10H2,1H3,(H,19,20,21). The lowest BCUT2D eigenvalue weighted by molar-refractivity contribution is 0.619. The molecule has 0 amide bonds. The molecule has 0 saturated carbocycles. The molecule has 0 bridgehead atoms. The zero-order chi connectivity index (χ0) is 14.7. The number of H-pyrrole nitrogens is 1. The van der Waals surface area contributed by atoms with Crippen molar-refractivity contribution in [3.63, 3.8) is 0 Å². The van der Waals surface area contributed by atoms with Crippen LogP contribution in [0.15, 0.2) is 48.5 Å². The van der Waals surface area contributed by atoms with Crippen LogP contribution in [0.25, 0.3) is 11.3 Å². The topological polar surface area (TPSA) is 53.6 Å². The fourth-order valence-electron chi connectivity index (χ4n) is 2.09. The molecular weight excluding hydrogens is 267 g/mol. The maximum atomic E-state index is 13.5. The summed E-state index contributed by atoms with van der Waals surface area (Å²) in [5.74, 6) is -0.219. The summed E-state index contributed by atoms with van der Waals surface area (Å²) in [4.78, 5) is 0. The van der Waals surface area contributed by atoms with Crippen molar-refractivity contribution in [3.05, 3.63) is 65.6 Å². The first-order valence-electron chi connectivity index (χ1n) is 6.69. The molecule has 3 rings (SSSR count). The van der Waals surface area contributed by atoms with Gasteiger partial charge >= 0.3 is 0 Å². The Labute approximate surface area is 122 Å². The van der Waals surface area contributed by atoms with Crippen molar-refractivity contribution >= 4 is 5.69 Å². The van der Waals surface area contributed by atoms with Gasteiger partial charge in [-0.2, -0.15) is 15.4 Å². The van der Waals surface area contributed by atoms with Gasteiger partial charge in [0.05, 0.1) is 6.54 Å². The Kier molecular flexibility index (Phi) is 3.64. The predicted molar refractivity (Wildman–Crippen MR) is 80.3 cm³/mol. The highest BCUT2D eigenvalue weighted by Gasteiger charge is 2.09. The molecule has 0 saturated heterocycles. The Morgan fingerprint density at radius 3 is 2.67 bits per heavy atom. The third-order valence-electron chi connectivity index (χ3n) is 3.30. The summed E-state index contributed by atoms with van der Waals surface area (Å²) in [5.41, 5.74) is 3.95. The third kappa shape index (κ3) is 2.91. The minimum absolute atomic E-state index is 0.219. The molecule has 2 aromatic carbocycles. The first-order chi connectivity index (χ1) is 10.2. The van der Waals surface area contributed by atoms with E-state index in [4.69, 9.17) is 0 Å². The molecular formula is C16H15FN4. The molecule has 5 heteroatoms. The average Bonchev–Trinajstić information content (AvgIpc) is 2.98. The maximum absolute atomic E-state index is 13.5. The van der Waals surface area contributed by atoms with Crippen LogP contribution in [0.5, 0.6) is 0 Å². The van der Waals surface area contributed by atoms with Gasteiger partial charge in [-0.25, -0.2) is 4.39 Å². The second-order valence-electron chi connectivity index (χ2n) is 4.80. The highest BCUT2D eigenvalue weighted by atomic mass is 19.1. The number of nitrogens with one attached hydrogen (secondary N) is 2. The van der Waals surface area contributed by atoms with Crippen LogP contribution in [0.1, 0.15) is 11.3 Å². The summed E-state index contributed by atoms with van der Waals surface area (Å²) < 4.78 is 13.5. The van der Waals surface area contributed by atoms with Crippen molar-refractivity contribution in [2.24, 2.45) is 0 Å². The molecule has 0 radical (unpaired) electrons. The first-order valence-corrected chi connectivity index (χ1v) is 6.69. The monoisotopic (exact) mass is 282 g/mol. The maximum Gasteiger partial charge on any atom is 0.128 e. The highest BCUT2D eigenvalue weighted by Crippen LogP contribution is 2.20. The van der Waals surface area contributed by atoms with Crippen LogP contribution in [0.2, 0.25) is 0 Å². The first kappa shape index (κ1) is 13.3. The number of rotatable bonds is 4. The predicted octanol–water partition coefficient (Wildman–Crippen LogP) is 3.53. The number of nitrogens with zero attached hydrogens (tertiary/aromatic N) is 2. The molecule has 0 unspecified atom stereocenters. The molecule has 106 valence electrons. The van der Waals surface area contributed by atoms with E-state index in [0.29, 0.717) is 12.1 Å².